The summed E-state index contributed by atoms with van der Waals surface area (Å²) in [4.78, 5) is 39.8. The summed E-state index contributed by atoms with van der Waals surface area (Å²) in [6, 6.07) is 0. The second-order valence-corrected chi connectivity index (χ2v) is 6.22. The molecule has 3 fully saturated rings. The van der Waals surface area contributed by atoms with Gasteiger partial charge < -0.3 is 4.90 Å². The van der Waals surface area contributed by atoms with Gasteiger partial charge in [-0.15, -0.1) is 0 Å². The average molecular weight is 278 g/mol. The summed E-state index contributed by atoms with van der Waals surface area (Å²) in [7, 11) is 0. The van der Waals surface area contributed by atoms with Crippen LogP contribution in [-0.2, 0) is 14.4 Å². The fourth-order valence-corrected chi connectivity index (χ4v) is 3.72. The van der Waals surface area contributed by atoms with Crippen molar-refractivity contribution in [3.63, 3.8) is 0 Å². The summed E-state index contributed by atoms with van der Waals surface area (Å²) in [5.74, 6) is -0.591. The van der Waals surface area contributed by atoms with Gasteiger partial charge in [-0.25, -0.2) is 0 Å². The zero-order valence-corrected chi connectivity index (χ0v) is 11.8. The third-order valence-corrected chi connectivity index (χ3v) is 4.92. The second-order valence-electron chi connectivity index (χ2n) is 6.22. The Hall–Kier alpha value is -1.23. The van der Waals surface area contributed by atoms with Crippen molar-refractivity contribution in [2.45, 2.75) is 38.5 Å². The molecule has 0 aromatic rings. The first-order chi connectivity index (χ1) is 9.66. The van der Waals surface area contributed by atoms with Crippen LogP contribution in [0.5, 0.6) is 0 Å². The number of ketones is 1. The Morgan fingerprint density at radius 1 is 0.900 bits per heavy atom. The molecular weight excluding hydrogens is 256 g/mol. The highest BCUT2D eigenvalue weighted by Crippen LogP contribution is 2.36. The van der Waals surface area contributed by atoms with E-state index in [0.29, 0.717) is 19.4 Å². The molecule has 0 aromatic carbocycles. The molecule has 0 bridgehead atoms. The smallest absolute Gasteiger partial charge is 0.233 e. The van der Waals surface area contributed by atoms with Crippen LogP contribution in [0.4, 0.5) is 0 Å². The van der Waals surface area contributed by atoms with E-state index in [2.05, 4.69) is 4.90 Å². The highest BCUT2D eigenvalue weighted by molar-refractivity contribution is 6.07. The van der Waals surface area contributed by atoms with Gasteiger partial charge in [0.15, 0.2) is 0 Å². The first kappa shape index (κ1) is 13.7. The van der Waals surface area contributed by atoms with Crippen LogP contribution in [0.2, 0.25) is 0 Å². The number of nitrogens with zero attached hydrogens (tertiary/aromatic N) is 2. The van der Waals surface area contributed by atoms with Crippen LogP contribution in [0.3, 0.4) is 0 Å². The Labute approximate surface area is 119 Å². The number of hydrogen-bond donors (Lipinski definition) is 0. The van der Waals surface area contributed by atoms with E-state index < -0.39 is 0 Å². The Balaban J connectivity index is 1.60. The predicted octanol–water partition coefficient (Wildman–Crippen LogP) is 0.826. The van der Waals surface area contributed by atoms with Gasteiger partial charge in [0, 0.05) is 25.9 Å². The number of likely N-dealkylation sites (tertiary alicyclic amines) is 2. The Morgan fingerprint density at radius 3 is 2.35 bits per heavy atom. The molecule has 2 unspecified atom stereocenters. The molecular formula is C15H22N2O3. The lowest BCUT2D eigenvalue weighted by Crippen LogP contribution is -2.40. The van der Waals surface area contributed by atoms with E-state index in [1.807, 2.05) is 0 Å². The molecule has 20 heavy (non-hydrogen) atoms. The van der Waals surface area contributed by atoms with Crippen molar-refractivity contribution in [1.82, 2.24) is 9.80 Å². The van der Waals surface area contributed by atoms with Crippen LogP contribution >= 0.6 is 0 Å². The van der Waals surface area contributed by atoms with Crippen LogP contribution in [-0.4, -0.2) is 53.6 Å². The topological polar surface area (TPSA) is 57.7 Å². The highest BCUT2D eigenvalue weighted by Gasteiger charge is 2.49. The number of piperidine rings is 1. The number of fused-ring (bicyclic) bond motifs is 1. The third-order valence-electron chi connectivity index (χ3n) is 4.92. The summed E-state index contributed by atoms with van der Waals surface area (Å²) < 4.78 is 0. The number of hydrogen-bond acceptors (Lipinski definition) is 4. The first-order valence-electron chi connectivity index (χ1n) is 7.76. The van der Waals surface area contributed by atoms with Gasteiger partial charge in [-0.3, -0.25) is 19.3 Å². The van der Waals surface area contributed by atoms with Crippen LogP contribution in [0.1, 0.15) is 38.5 Å². The lowest BCUT2D eigenvalue weighted by atomic mass is 9.80. The fraction of sp³-hybridized carbons (Fsp3) is 0.800. The van der Waals surface area contributed by atoms with E-state index in [1.54, 1.807) is 0 Å². The van der Waals surface area contributed by atoms with Crippen LogP contribution in [0, 0.1) is 11.8 Å². The molecule has 0 aromatic heterocycles. The lowest BCUT2D eigenvalue weighted by Gasteiger charge is -2.28. The standard InChI is InChI=1S/C15H22N2O3/c18-11-4-5-12-13(10-11)15(20)17(14(12)19)9-8-16-6-2-1-3-7-16/h12-13H,1-10H2. The van der Waals surface area contributed by atoms with Gasteiger partial charge in [-0.2, -0.15) is 0 Å². The van der Waals surface area contributed by atoms with E-state index in [1.165, 1.54) is 24.2 Å². The van der Waals surface area contributed by atoms with Crippen LogP contribution in [0.25, 0.3) is 0 Å². The molecule has 2 atom stereocenters. The van der Waals surface area contributed by atoms with Crippen molar-refractivity contribution < 1.29 is 14.4 Å². The highest BCUT2D eigenvalue weighted by atomic mass is 16.2. The summed E-state index contributed by atoms with van der Waals surface area (Å²) in [6.45, 7) is 3.42. The first-order valence-corrected chi connectivity index (χ1v) is 7.76. The second kappa shape index (κ2) is 5.64. The Bertz CT molecular complexity index is 429. The number of amides is 2. The quantitative estimate of drug-likeness (QED) is 0.717. The SMILES string of the molecule is O=C1CCC2C(=O)N(CCN3CCCCC3)C(=O)C2C1. The minimum Gasteiger partial charge on any atom is -0.302 e. The molecule has 0 radical (unpaired) electrons. The summed E-state index contributed by atoms with van der Waals surface area (Å²) in [6.07, 6.45) is 5.00. The molecule has 110 valence electrons. The van der Waals surface area contributed by atoms with E-state index in [4.69, 9.17) is 0 Å². The van der Waals surface area contributed by atoms with Crippen molar-refractivity contribution >= 4 is 17.6 Å². The summed E-state index contributed by atoms with van der Waals surface area (Å²) >= 11 is 0. The van der Waals surface area contributed by atoms with Gasteiger partial charge in [0.2, 0.25) is 11.8 Å². The molecule has 5 heteroatoms. The van der Waals surface area contributed by atoms with Crippen molar-refractivity contribution in [3.05, 3.63) is 0 Å². The number of carbonyl (C=O) groups excluding carboxylic acids is 3. The molecule has 2 saturated heterocycles. The molecule has 3 rings (SSSR count). The van der Waals surface area contributed by atoms with Crippen molar-refractivity contribution in [2.75, 3.05) is 26.2 Å². The third kappa shape index (κ3) is 2.51. The molecule has 3 aliphatic rings. The fourth-order valence-electron chi connectivity index (χ4n) is 3.72. The molecule has 2 heterocycles. The maximum Gasteiger partial charge on any atom is 0.233 e. The monoisotopic (exact) mass is 278 g/mol. The number of Topliss-reactive ketones (excluding diaryl/α,β-unsaturated/α-hetero) is 1. The van der Waals surface area contributed by atoms with E-state index in [0.717, 1.165) is 19.6 Å². The Morgan fingerprint density at radius 2 is 1.60 bits per heavy atom. The zero-order valence-electron chi connectivity index (χ0n) is 11.8. The summed E-state index contributed by atoms with van der Waals surface area (Å²) in [5, 5.41) is 0. The van der Waals surface area contributed by atoms with Crippen molar-refractivity contribution in [1.29, 1.82) is 0 Å². The molecule has 5 nitrogen and oxygen atoms in total. The van der Waals surface area contributed by atoms with Crippen LogP contribution in [0.15, 0.2) is 0 Å². The minimum absolute atomic E-state index is 0.0375. The number of carbonyl (C=O) groups is 3. The van der Waals surface area contributed by atoms with Gasteiger partial charge in [0.25, 0.3) is 0 Å². The average Bonchev–Trinajstić information content (AvgIpc) is 2.70. The van der Waals surface area contributed by atoms with Gasteiger partial charge in [-0.05, 0) is 32.4 Å². The van der Waals surface area contributed by atoms with Gasteiger partial charge >= 0.3 is 0 Å². The predicted molar refractivity (Wildman–Crippen MR) is 72.8 cm³/mol. The Kier molecular flexibility index (Phi) is 3.87. The zero-order chi connectivity index (χ0) is 14.1. The van der Waals surface area contributed by atoms with Crippen molar-refractivity contribution in [3.8, 4) is 0 Å². The number of imide groups is 1. The van der Waals surface area contributed by atoms with Gasteiger partial charge in [-0.1, -0.05) is 6.42 Å². The lowest BCUT2D eigenvalue weighted by molar-refractivity contribution is -0.140. The molecule has 0 N–H and O–H groups in total. The molecule has 2 aliphatic heterocycles. The molecule has 1 saturated carbocycles. The van der Waals surface area contributed by atoms with Gasteiger partial charge in [0.05, 0.1) is 11.8 Å². The molecule has 0 spiro atoms. The van der Waals surface area contributed by atoms with E-state index in [-0.39, 0.29) is 35.9 Å². The summed E-state index contributed by atoms with van der Waals surface area (Å²) in [5.41, 5.74) is 0. The number of rotatable bonds is 3. The largest absolute Gasteiger partial charge is 0.302 e. The van der Waals surface area contributed by atoms with Crippen LogP contribution < -0.4 is 0 Å². The minimum atomic E-state index is -0.356. The van der Waals surface area contributed by atoms with E-state index >= 15 is 0 Å². The normalized spacial score (nSPS) is 31.8. The maximum atomic E-state index is 12.3. The molecule has 1 aliphatic carbocycles. The maximum absolute atomic E-state index is 12.3. The molecule has 2 amide bonds. The van der Waals surface area contributed by atoms with Gasteiger partial charge in [0.1, 0.15) is 5.78 Å². The van der Waals surface area contributed by atoms with E-state index in [9.17, 15) is 14.4 Å². The van der Waals surface area contributed by atoms with Crippen molar-refractivity contribution in [2.24, 2.45) is 11.8 Å².